The zero-order chi connectivity index (χ0) is 11.8. The third-order valence-corrected chi connectivity index (χ3v) is 3.95. The molecular weight excluding hydrogens is 229 g/mol. The van der Waals surface area contributed by atoms with Crippen molar-refractivity contribution in [3.8, 4) is 0 Å². The van der Waals surface area contributed by atoms with Crippen LogP contribution in [-0.4, -0.2) is 27.4 Å². The lowest BCUT2D eigenvalue weighted by Gasteiger charge is -2.24. The summed E-state index contributed by atoms with van der Waals surface area (Å²) in [6, 6.07) is 4.91. The van der Waals surface area contributed by atoms with Gasteiger partial charge in [0.15, 0.2) is 9.84 Å². The van der Waals surface area contributed by atoms with Gasteiger partial charge in [-0.05, 0) is 29.7 Å². The minimum absolute atomic E-state index is 0.142. The Labute approximate surface area is 94.6 Å². The van der Waals surface area contributed by atoms with E-state index >= 15 is 0 Å². The zero-order valence-electron chi connectivity index (χ0n) is 9.03. The van der Waals surface area contributed by atoms with Crippen molar-refractivity contribution in [2.75, 3.05) is 12.9 Å². The second kappa shape index (κ2) is 4.14. The van der Waals surface area contributed by atoms with Crippen molar-refractivity contribution in [2.45, 2.75) is 23.9 Å². The van der Waals surface area contributed by atoms with Crippen LogP contribution in [0.2, 0.25) is 0 Å². The molecule has 5 heteroatoms. The summed E-state index contributed by atoms with van der Waals surface area (Å²) in [4.78, 5) is 0.326. The fourth-order valence-corrected chi connectivity index (χ4v) is 2.57. The molecule has 0 unspecified atom stereocenters. The van der Waals surface area contributed by atoms with Crippen LogP contribution in [0.25, 0.3) is 0 Å². The Bertz CT molecular complexity index is 499. The van der Waals surface area contributed by atoms with Gasteiger partial charge in [-0.1, -0.05) is 6.07 Å². The van der Waals surface area contributed by atoms with E-state index in [-0.39, 0.29) is 6.04 Å². The summed E-state index contributed by atoms with van der Waals surface area (Å²) >= 11 is 0. The van der Waals surface area contributed by atoms with Crippen LogP contribution >= 0.6 is 0 Å². The summed E-state index contributed by atoms with van der Waals surface area (Å²) in [5.41, 5.74) is 1.99. The maximum Gasteiger partial charge on any atom is 0.175 e. The van der Waals surface area contributed by atoms with Gasteiger partial charge in [-0.2, -0.15) is 0 Å². The predicted octanol–water partition coefficient (Wildman–Crippen LogP) is 1.07. The second-order valence-corrected chi connectivity index (χ2v) is 6.15. The molecule has 1 heterocycles. The average Bonchev–Trinajstić information content (AvgIpc) is 2.26. The molecule has 0 fully saturated rings. The van der Waals surface area contributed by atoms with Crippen LogP contribution in [0.15, 0.2) is 23.1 Å². The molecule has 16 heavy (non-hydrogen) atoms. The van der Waals surface area contributed by atoms with Crippen LogP contribution in [-0.2, 0) is 22.8 Å². The minimum Gasteiger partial charge on any atom is -0.307 e. The molecule has 0 amide bonds. The SMILES string of the molecule is CS(=O)(=O)c1ccc2c(c1)CN[C@@H](CF)C2. The molecule has 0 aliphatic carbocycles. The molecule has 3 nitrogen and oxygen atoms in total. The summed E-state index contributed by atoms with van der Waals surface area (Å²) in [5, 5.41) is 3.03. The fraction of sp³-hybridized carbons (Fsp3) is 0.455. The molecule has 1 aliphatic rings. The number of halogens is 1. The van der Waals surface area contributed by atoms with E-state index in [0.29, 0.717) is 17.9 Å². The Kier molecular flexibility index (Phi) is 2.99. The van der Waals surface area contributed by atoms with Gasteiger partial charge >= 0.3 is 0 Å². The Morgan fingerprint density at radius 1 is 1.44 bits per heavy atom. The second-order valence-electron chi connectivity index (χ2n) is 4.14. The summed E-state index contributed by atoms with van der Waals surface area (Å²) in [6.45, 7) is 0.139. The fourth-order valence-electron chi connectivity index (χ4n) is 1.90. The van der Waals surface area contributed by atoms with E-state index in [2.05, 4.69) is 5.32 Å². The van der Waals surface area contributed by atoms with Crippen LogP contribution in [0.5, 0.6) is 0 Å². The summed E-state index contributed by atoms with van der Waals surface area (Å²) < 4.78 is 35.2. The predicted molar refractivity (Wildman–Crippen MR) is 59.9 cm³/mol. The van der Waals surface area contributed by atoms with Crippen molar-refractivity contribution in [3.63, 3.8) is 0 Å². The standard InChI is InChI=1S/C11H14FNO2S/c1-16(14,15)11-3-2-8-4-10(6-12)13-7-9(8)5-11/h2-3,5,10,13H,4,6-7H2,1H3/t10-/m1/s1. The number of alkyl halides is 1. The van der Waals surface area contributed by atoms with E-state index in [1.165, 1.54) is 6.26 Å². The third kappa shape index (κ3) is 2.25. The third-order valence-electron chi connectivity index (χ3n) is 2.84. The Morgan fingerprint density at radius 2 is 2.19 bits per heavy atom. The van der Waals surface area contributed by atoms with Gasteiger partial charge in [-0.3, -0.25) is 0 Å². The molecule has 1 aromatic carbocycles. The number of fused-ring (bicyclic) bond motifs is 1. The van der Waals surface area contributed by atoms with E-state index in [1.807, 2.05) is 0 Å². The van der Waals surface area contributed by atoms with E-state index in [0.717, 1.165) is 11.1 Å². The maximum atomic E-state index is 12.5. The number of hydrogen-bond donors (Lipinski definition) is 1. The first kappa shape index (κ1) is 11.5. The lowest BCUT2D eigenvalue weighted by atomic mass is 9.96. The van der Waals surface area contributed by atoms with E-state index in [4.69, 9.17) is 0 Å². The van der Waals surface area contributed by atoms with Gasteiger partial charge in [0.1, 0.15) is 6.67 Å². The summed E-state index contributed by atoms with van der Waals surface area (Å²) in [5.74, 6) is 0. The van der Waals surface area contributed by atoms with Crippen LogP contribution in [0.1, 0.15) is 11.1 Å². The van der Waals surface area contributed by atoms with Gasteiger partial charge in [0.25, 0.3) is 0 Å². The van der Waals surface area contributed by atoms with Crippen LogP contribution in [0, 0.1) is 0 Å². The lowest BCUT2D eigenvalue weighted by Crippen LogP contribution is -2.37. The van der Waals surface area contributed by atoms with Crippen molar-refractivity contribution in [1.29, 1.82) is 0 Å². The van der Waals surface area contributed by atoms with Gasteiger partial charge in [0, 0.05) is 18.8 Å². The number of benzene rings is 1. The maximum absolute atomic E-state index is 12.5. The molecule has 0 bridgehead atoms. The Balaban J connectivity index is 2.35. The van der Waals surface area contributed by atoms with Gasteiger partial charge in [0.2, 0.25) is 0 Å². The number of rotatable bonds is 2. The van der Waals surface area contributed by atoms with E-state index in [9.17, 15) is 12.8 Å². The molecule has 2 rings (SSSR count). The molecular formula is C11H14FNO2S. The Hall–Kier alpha value is -0.940. The minimum atomic E-state index is -3.16. The lowest BCUT2D eigenvalue weighted by molar-refractivity contribution is 0.358. The van der Waals surface area contributed by atoms with Gasteiger partial charge in [0.05, 0.1) is 4.90 Å². The smallest absolute Gasteiger partial charge is 0.175 e. The van der Waals surface area contributed by atoms with E-state index < -0.39 is 16.5 Å². The van der Waals surface area contributed by atoms with Crippen LogP contribution < -0.4 is 5.32 Å². The molecule has 0 spiro atoms. The molecule has 0 saturated heterocycles. The highest BCUT2D eigenvalue weighted by Gasteiger charge is 2.19. The van der Waals surface area contributed by atoms with Crippen molar-refractivity contribution in [3.05, 3.63) is 29.3 Å². The monoisotopic (exact) mass is 243 g/mol. The quantitative estimate of drug-likeness (QED) is 0.845. The first-order chi connectivity index (χ1) is 7.50. The zero-order valence-corrected chi connectivity index (χ0v) is 9.85. The number of sulfone groups is 1. The molecule has 1 aromatic rings. The van der Waals surface area contributed by atoms with Gasteiger partial charge in [-0.25, -0.2) is 12.8 Å². The van der Waals surface area contributed by atoms with Crippen molar-refractivity contribution < 1.29 is 12.8 Å². The summed E-state index contributed by atoms with van der Waals surface area (Å²) in [6.07, 6.45) is 1.81. The molecule has 0 aromatic heterocycles. The number of nitrogens with one attached hydrogen (secondary N) is 1. The first-order valence-electron chi connectivity index (χ1n) is 5.12. The van der Waals surface area contributed by atoms with Crippen LogP contribution in [0.3, 0.4) is 0 Å². The molecule has 1 atom stereocenters. The van der Waals surface area contributed by atoms with Crippen LogP contribution in [0.4, 0.5) is 4.39 Å². The number of hydrogen-bond acceptors (Lipinski definition) is 3. The van der Waals surface area contributed by atoms with Gasteiger partial charge < -0.3 is 5.32 Å². The molecule has 1 aliphatic heterocycles. The van der Waals surface area contributed by atoms with Crippen molar-refractivity contribution in [2.24, 2.45) is 0 Å². The topological polar surface area (TPSA) is 46.2 Å². The van der Waals surface area contributed by atoms with Gasteiger partial charge in [-0.15, -0.1) is 0 Å². The first-order valence-corrected chi connectivity index (χ1v) is 7.01. The molecule has 88 valence electrons. The van der Waals surface area contributed by atoms with E-state index in [1.54, 1.807) is 18.2 Å². The largest absolute Gasteiger partial charge is 0.307 e. The van der Waals surface area contributed by atoms with Crippen molar-refractivity contribution in [1.82, 2.24) is 5.32 Å². The molecule has 0 saturated carbocycles. The van der Waals surface area contributed by atoms with Crippen molar-refractivity contribution >= 4 is 9.84 Å². The highest BCUT2D eigenvalue weighted by molar-refractivity contribution is 7.90. The highest BCUT2D eigenvalue weighted by atomic mass is 32.2. The average molecular weight is 243 g/mol. The highest BCUT2D eigenvalue weighted by Crippen LogP contribution is 2.21. The molecule has 1 N–H and O–H groups in total. The molecule has 0 radical (unpaired) electrons. The normalized spacial score (nSPS) is 20.5. The Morgan fingerprint density at radius 3 is 2.81 bits per heavy atom. The summed E-state index contributed by atoms with van der Waals surface area (Å²) in [7, 11) is -3.16.